The lowest BCUT2D eigenvalue weighted by Gasteiger charge is -2.11. The summed E-state index contributed by atoms with van der Waals surface area (Å²) < 4.78 is 0. The molecule has 0 fully saturated rings. The molecular formula is C13H15NO3. The van der Waals surface area contributed by atoms with E-state index in [1.165, 1.54) is 0 Å². The second-order valence-corrected chi connectivity index (χ2v) is 3.77. The highest BCUT2D eigenvalue weighted by atomic mass is 16.6. The number of allylic oxidation sites excluding steroid dienone is 1. The summed E-state index contributed by atoms with van der Waals surface area (Å²) in [6, 6.07) is 8.88. The number of rotatable bonds is 7. The molecule has 0 heterocycles. The summed E-state index contributed by atoms with van der Waals surface area (Å²) in [5.41, 5.74) is 0.707. The smallest absolute Gasteiger partial charge is 0.217 e. The van der Waals surface area contributed by atoms with Gasteiger partial charge in [-0.3, -0.25) is 14.9 Å². The van der Waals surface area contributed by atoms with Crippen molar-refractivity contribution in [3.05, 3.63) is 58.7 Å². The van der Waals surface area contributed by atoms with Gasteiger partial charge in [-0.15, -0.1) is 6.58 Å². The van der Waals surface area contributed by atoms with Crippen molar-refractivity contribution in [1.29, 1.82) is 0 Å². The molecule has 0 aliphatic heterocycles. The lowest BCUT2D eigenvalue weighted by atomic mass is 9.92. The Morgan fingerprint density at radius 3 is 2.59 bits per heavy atom. The van der Waals surface area contributed by atoms with Crippen LogP contribution in [0, 0.1) is 10.1 Å². The van der Waals surface area contributed by atoms with Crippen molar-refractivity contribution in [2.75, 3.05) is 6.54 Å². The molecule has 1 aromatic rings. The minimum absolute atomic E-state index is 0.104. The first-order valence-electron chi connectivity index (χ1n) is 5.45. The summed E-state index contributed by atoms with van der Waals surface area (Å²) in [5, 5.41) is 10.6. The number of carbonyl (C=O) groups is 1. The molecule has 17 heavy (non-hydrogen) atoms. The summed E-state index contributed by atoms with van der Waals surface area (Å²) in [6.45, 7) is 3.19. The van der Waals surface area contributed by atoms with E-state index in [2.05, 4.69) is 6.58 Å². The normalized spacial score (nSPS) is 11.8. The maximum atomic E-state index is 11.9. The molecule has 0 bridgehead atoms. The molecule has 90 valence electrons. The Balaban J connectivity index is 2.84. The zero-order valence-corrected chi connectivity index (χ0v) is 9.54. The Bertz CT molecular complexity index is 400. The molecule has 0 spiro atoms. The number of hydrogen-bond donors (Lipinski definition) is 0. The van der Waals surface area contributed by atoms with Crippen molar-refractivity contribution in [1.82, 2.24) is 0 Å². The highest BCUT2D eigenvalue weighted by Crippen LogP contribution is 2.19. The molecule has 0 aromatic heterocycles. The SMILES string of the molecule is C=CCCC(=O)C(C[N+](=O)[O-])c1ccccc1. The minimum atomic E-state index is -0.647. The van der Waals surface area contributed by atoms with E-state index in [-0.39, 0.29) is 12.3 Å². The van der Waals surface area contributed by atoms with Crippen LogP contribution < -0.4 is 0 Å². The van der Waals surface area contributed by atoms with Gasteiger partial charge in [0.25, 0.3) is 0 Å². The number of nitro groups is 1. The van der Waals surface area contributed by atoms with Crippen LogP contribution in [0.15, 0.2) is 43.0 Å². The van der Waals surface area contributed by atoms with Gasteiger partial charge in [0.1, 0.15) is 11.7 Å². The largest absolute Gasteiger partial charge is 0.299 e. The fourth-order valence-corrected chi connectivity index (χ4v) is 1.65. The topological polar surface area (TPSA) is 60.2 Å². The minimum Gasteiger partial charge on any atom is -0.299 e. The molecule has 1 atom stereocenters. The van der Waals surface area contributed by atoms with Gasteiger partial charge in [0.2, 0.25) is 6.54 Å². The Hall–Kier alpha value is -1.97. The van der Waals surface area contributed by atoms with Gasteiger partial charge in [-0.2, -0.15) is 0 Å². The van der Waals surface area contributed by atoms with Gasteiger partial charge in [0.05, 0.1) is 0 Å². The molecule has 0 N–H and O–H groups in total. The molecular weight excluding hydrogens is 218 g/mol. The van der Waals surface area contributed by atoms with Crippen LogP contribution in [-0.2, 0) is 4.79 Å². The Labute approximate surface area is 100 Å². The Morgan fingerprint density at radius 1 is 1.41 bits per heavy atom. The van der Waals surface area contributed by atoms with Crippen LogP contribution in [0.2, 0.25) is 0 Å². The predicted octanol–water partition coefficient (Wildman–Crippen LogP) is 2.58. The van der Waals surface area contributed by atoms with E-state index in [1.807, 2.05) is 6.07 Å². The highest BCUT2D eigenvalue weighted by Gasteiger charge is 2.24. The predicted molar refractivity (Wildman–Crippen MR) is 65.5 cm³/mol. The van der Waals surface area contributed by atoms with E-state index in [1.54, 1.807) is 30.3 Å². The number of carbonyl (C=O) groups excluding carboxylic acids is 1. The van der Waals surface area contributed by atoms with Crippen LogP contribution in [0.1, 0.15) is 24.3 Å². The number of hydrogen-bond acceptors (Lipinski definition) is 3. The number of ketones is 1. The van der Waals surface area contributed by atoms with Crippen LogP contribution in [0.5, 0.6) is 0 Å². The van der Waals surface area contributed by atoms with Gasteiger partial charge in [-0.05, 0) is 12.0 Å². The van der Waals surface area contributed by atoms with Gasteiger partial charge in [-0.1, -0.05) is 36.4 Å². The number of nitrogens with zero attached hydrogens (tertiary/aromatic N) is 1. The molecule has 4 nitrogen and oxygen atoms in total. The fourth-order valence-electron chi connectivity index (χ4n) is 1.65. The van der Waals surface area contributed by atoms with Gasteiger partial charge < -0.3 is 0 Å². The number of benzene rings is 1. The molecule has 0 saturated heterocycles. The lowest BCUT2D eigenvalue weighted by molar-refractivity contribution is -0.481. The first-order chi connectivity index (χ1) is 8.15. The van der Waals surface area contributed by atoms with E-state index < -0.39 is 10.8 Å². The molecule has 1 rings (SSSR count). The van der Waals surface area contributed by atoms with Crippen LogP contribution in [0.3, 0.4) is 0 Å². The monoisotopic (exact) mass is 233 g/mol. The summed E-state index contributed by atoms with van der Waals surface area (Å²) >= 11 is 0. The van der Waals surface area contributed by atoms with Gasteiger partial charge in [0.15, 0.2) is 0 Å². The average molecular weight is 233 g/mol. The van der Waals surface area contributed by atoms with Crippen molar-refractivity contribution in [2.24, 2.45) is 0 Å². The molecule has 0 aliphatic rings. The van der Waals surface area contributed by atoms with E-state index in [0.717, 1.165) is 0 Å². The maximum Gasteiger partial charge on any atom is 0.217 e. The third kappa shape index (κ3) is 4.18. The lowest BCUT2D eigenvalue weighted by Crippen LogP contribution is -2.21. The summed E-state index contributed by atoms with van der Waals surface area (Å²) in [4.78, 5) is 22.0. The van der Waals surface area contributed by atoms with Crippen LogP contribution in [0.25, 0.3) is 0 Å². The van der Waals surface area contributed by atoms with Crippen molar-refractivity contribution in [3.63, 3.8) is 0 Å². The molecule has 0 aliphatic carbocycles. The third-order valence-electron chi connectivity index (χ3n) is 2.52. The van der Waals surface area contributed by atoms with Crippen LogP contribution >= 0.6 is 0 Å². The first-order valence-corrected chi connectivity index (χ1v) is 5.45. The van der Waals surface area contributed by atoms with Gasteiger partial charge >= 0.3 is 0 Å². The molecule has 0 amide bonds. The average Bonchev–Trinajstić information content (AvgIpc) is 2.34. The standard InChI is InChI=1S/C13H15NO3/c1-2-3-9-13(15)12(10-14(16)17)11-7-5-4-6-8-11/h2,4-8,12H,1,3,9-10H2. The van der Waals surface area contributed by atoms with Crippen LogP contribution in [-0.4, -0.2) is 17.3 Å². The van der Waals surface area contributed by atoms with Gasteiger partial charge in [0, 0.05) is 11.3 Å². The second-order valence-electron chi connectivity index (χ2n) is 3.77. The van der Waals surface area contributed by atoms with E-state index in [0.29, 0.717) is 18.4 Å². The van der Waals surface area contributed by atoms with E-state index in [9.17, 15) is 14.9 Å². The molecule has 1 aromatic carbocycles. The highest BCUT2D eigenvalue weighted by molar-refractivity contribution is 5.85. The first kappa shape index (κ1) is 13.1. The summed E-state index contributed by atoms with van der Waals surface area (Å²) in [5.74, 6) is -0.751. The summed E-state index contributed by atoms with van der Waals surface area (Å²) in [7, 11) is 0. The van der Waals surface area contributed by atoms with E-state index in [4.69, 9.17) is 0 Å². The fraction of sp³-hybridized carbons (Fsp3) is 0.308. The maximum absolute atomic E-state index is 11.9. The van der Waals surface area contributed by atoms with Crippen molar-refractivity contribution < 1.29 is 9.72 Å². The summed E-state index contributed by atoms with van der Waals surface area (Å²) in [6.07, 6.45) is 2.50. The second kappa shape index (κ2) is 6.58. The van der Waals surface area contributed by atoms with Crippen molar-refractivity contribution in [2.45, 2.75) is 18.8 Å². The molecule has 0 radical (unpaired) electrons. The van der Waals surface area contributed by atoms with E-state index >= 15 is 0 Å². The molecule has 0 saturated carbocycles. The zero-order chi connectivity index (χ0) is 12.7. The Morgan fingerprint density at radius 2 is 2.06 bits per heavy atom. The van der Waals surface area contributed by atoms with Crippen molar-refractivity contribution in [3.8, 4) is 0 Å². The van der Waals surface area contributed by atoms with Crippen LogP contribution in [0.4, 0.5) is 0 Å². The number of Topliss-reactive ketones (excluding diaryl/α,β-unsaturated/α-hetero) is 1. The zero-order valence-electron chi connectivity index (χ0n) is 9.54. The van der Waals surface area contributed by atoms with Gasteiger partial charge in [-0.25, -0.2) is 0 Å². The molecule has 1 unspecified atom stereocenters. The molecule has 4 heteroatoms. The third-order valence-corrected chi connectivity index (χ3v) is 2.52. The Kier molecular flexibility index (Phi) is 5.07. The van der Waals surface area contributed by atoms with Crippen molar-refractivity contribution >= 4 is 5.78 Å². The quantitative estimate of drug-likeness (QED) is 0.413.